The van der Waals surface area contributed by atoms with Crippen LogP contribution in [0, 0.1) is 0 Å². The molecule has 0 atom stereocenters. The van der Waals surface area contributed by atoms with E-state index >= 15 is 0 Å². The summed E-state index contributed by atoms with van der Waals surface area (Å²) < 4.78 is 2.05. The molecular weight excluding hydrogens is 594 g/mol. The van der Waals surface area contributed by atoms with E-state index in [2.05, 4.69) is 17.6 Å². The number of ketones is 1. The van der Waals surface area contributed by atoms with Crippen LogP contribution in [0.25, 0.3) is 82.7 Å². The van der Waals surface area contributed by atoms with Crippen LogP contribution < -0.4 is 5.35 Å². The third-order valence-electron chi connectivity index (χ3n) is 8.34. The van der Waals surface area contributed by atoms with E-state index in [0.29, 0.717) is 36.4 Å². The molecular formula is C34H18Cl4N2O. The van der Waals surface area contributed by atoms with Crippen molar-refractivity contribution >= 4 is 135 Å². The van der Waals surface area contributed by atoms with Gasteiger partial charge in [-0.05, 0) is 55.8 Å². The summed E-state index contributed by atoms with van der Waals surface area (Å²) in [4.78, 5) is 17.9. The largest absolute Gasteiger partial charge is 0.294 e. The number of allylic oxidation sites excluding steroid dienone is 1. The summed E-state index contributed by atoms with van der Waals surface area (Å²) in [6, 6.07) is 15.4. The van der Waals surface area contributed by atoms with Gasteiger partial charge in [0.15, 0.2) is 5.78 Å². The number of Topliss-reactive ketones (excluding diaryl/α,β-unsaturated/α-hetero) is 1. The summed E-state index contributed by atoms with van der Waals surface area (Å²) in [6.45, 7) is 12.1. The molecule has 0 aliphatic rings. The van der Waals surface area contributed by atoms with Crippen molar-refractivity contribution in [1.82, 2.24) is 9.38 Å². The molecule has 0 unspecified atom stereocenters. The molecule has 0 saturated heterocycles. The lowest BCUT2D eigenvalue weighted by Crippen LogP contribution is -2.13. The number of aromatic nitrogens is 2. The molecule has 0 N–H and O–H groups in total. The van der Waals surface area contributed by atoms with Gasteiger partial charge in [0.1, 0.15) is 5.65 Å². The number of imidazole rings is 1. The monoisotopic (exact) mass is 610 g/mol. The summed E-state index contributed by atoms with van der Waals surface area (Å²) in [5.74, 6) is -0.113. The van der Waals surface area contributed by atoms with Crippen LogP contribution in [0.1, 0.15) is 29.8 Å². The highest BCUT2D eigenvalue weighted by Gasteiger charge is 2.28. The third kappa shape index (κ3) is 3.02. The van der Waals surface area contributed by atoms with E-state index in [9.17, 15) is 4.79 Å². The van der Waals surface area contributed by atoms with Crippen molar-refractivity contribution < 1.29 is 4.79 Å². The smallest absolute Gasteiger partial charge is 0.160 e. The van der Waals surface area contributed by atoms with E-state index in [1.807, 2.05) is 49.4 Å². The fraction of sp³-hybridized carbons (Fsp3) is 0.0588. The molecule has 8 rings (SSSR count). The SMILES string of the molecule is C=C(C)c1cc(Cl)c2c3c(Cl)cc4c(=C)n5c6ccccc6nc5c5cc(Cl)c(c6c(Cl)cc(C(C)=O)c1c26)c3c45. The van der Waals surface area contributed by atoms with Crippen molar-refractivity contribution in [2.24, 2.45) is 0 Å². The number of halogens is 4. The maximum Gasteiger partial charge on any atom is 0.160 e. The van der Waals surface area contributed by atoms with Crippen molar-refractivity contribution in [3.05, 3.63) is 91.7 Å². The molecule has 0 bridgehead atoms. The van der Waals surface area contributed by atoms with Crippen LogP contribution in [-0.4, -0.2) is 15.2 Å². The highest BCUT2D eigenvalue weighted by Crippen LogP contribution is 2.53. The average molecular weight is 612 g/mol. The van der Waals surface area contributed by atoms with Gasteiger partial charge in [-0.3, -0.25) is 9.20 Å². The molecule has 41 heavy (non-hydrogen) atoms. The van der Waals surface area contributed by atoms with Crippen LogP contribution >= 0.6 is 46.4 Å². The molecule has 0 radical (unpaired) electrons. The van der Waals surface area contributed by atoms with E-state index in [-0.39, 0.29) is 5.78 Å². The number of nitrogens with zero attached hydrogens (tertiary/aromatic N) is 2. The number of pyridine rings is 1. The number of hydrogen-bond acceptors (Lipinski definition) is 2. The topological polar surface area (TPSA) is 34.4 Å². The number of benzene rings is 6. The number of carbonyl (C=O) groups is 1. The quantitative estimate of drug-likeness (QED) is 0.111. The Kier molecular flexibility index (Phi) is 5.05. The Hall–Kier alpha value is -3.60. The lowest BCUT2D eigenvalue weighted by Gasteiger charge is -2.23. The lowest BCUT2D eigenvalue weighted by atomic mass is 9.83. The average Bonchev–Trinajstić information content (AvgIpc) is 3.32. The van der Waals surface area contributed by atoms with E-state index in [1.165, 1.54) is 6.92 Å². The number of fused-ring (bicyclic) bond motifs is 6. The summed E-state index contributed by atoms with van der Waals surface area (Å²) in [6.07, 6.45) is 0. The third-order valence-corrected chi connectivity index (χ3v) is 9.53. The van der Waals surface area contributed by atoms with Crippen LogP contribution in [0.3, 0.4) is 0 Å². The summed E-state index contributed by atoms with van der Waals surface area (Å²) in [5.41, 5.74) is 4.60. The number of para-hydroxylation sites is 2. The molecule has 6 aromatic carbocycles. The molecule has 0 aliphatic heterocycles. The Morgan fingerprint density at radius 1 is 0.707 bits per heavy atom. The highest BCUT2D eigenvalue weighted by atomic mass is 35.5. The second kappa shape index (κ2) is 8.24. The van der Waals surface area contributed by atoms with Gasteiger partial charge in [-0.15, -0.1) is 0 Å². The molecule has 0 spiro atoms. The van der Waals surface area contributed by atoms with Crippen molar-refractivity contribution in [1.29, 1.82) is 0 Å². The van der Waals surface area contributed by atoms with E-state index < -0.39 is 0 Å². The van der Waals surface area contributed by atoms with E-state index in [4.69, 9.17) is 51.4 Å². The second-order valence-corrected chi connectivity index (χ2v) is 12.3. The highest BCUT2D eigenvalue weighted by molar-refractivity contribution is 6.55. The van der Waals surface area contributed by atoms with E-state index in [1.54, 1.807) is 6.07 Å². The summed E-state index contributed by atoms with van der Waals surface area (Å²) in [7, 11) is 0. The second-order valence-electron chi connectivity index (χ2n) is 10.7. The van der Waals surface area contributed by atoms with Crippen LogP contribution in [0.4, 0.5) is 0 Å². The standard InChI is InChI=1S/C34H18Cl4N2O/c1-13(2)16-9-20(35)28-29-21(36)10-17-14(3)40-25-8-6-5-7-24(25)39-34(40)19-12-23(38)31(33(29)27(17)19)30-22(37)11-18(15(4)41)26(16)32(28)30/h5-12H,1,3H2,2,4H3. The van der Waals surface area contributed by atoms with Gasteiger partial charge in [0.05, 0.1) is 11.0 Å². The van der Waals surface area contributed by atoms with Gasteiger partial charge in [0.25, 0.3) is 0 Å². The molecule has 8 aromatic rings. The van der Waals surface area contributed by atoms with Crippen molar-refractivity contribution in [3.63, 3.8) is 0 Å². The van der Waals surface area contributed by atoms with Gasteiger partial charge >= 0.3 is 0 Å². The normalized spacial score (nSPS) is 12.4. The first-order chi connectivity index (χ1) is 19.6. The van der Waals surface area contributed by atoms with Crippen LogP contribution in [0.15, 0.2) is 55.1 Å². The Bertz CT molecular complexity index is 2520. The summed E-state index contributed by atoms with van der Waals surface area (Å²) >= 11 is 28.6. The lowest BCUT2D eigenvalue weighted by molar-refractivity contribution is 0.101. The van der Waals surface area contributed by atoms with Gasteiger partial charge < -0.3 is 0 Å². The maximum absolute atomic E-state index is 12.9. The molecule has 0 saturated carbocycles. The van der Waals surface area contributed by atoms with Gasteiger partial charge in [0.2, 0.25) is 0 Å². The molecule has 2 heterocycles. The number of carbonyl (C=O) groups excluding carboxylic acids is 1. The fourth-order valence-corrected chi connectivity index (χ4v) is 7.93. The fourth-order valence-electron chi connectivity index (χ4n) is 6.74. The van der Waals surface area contributed by atoms with Crippen LogP contribution in [-0.2, 0) is 0 Å². The summed E-state index contributed by atoms with van der Waals surface area (Å²) in [5, 5.41) is 10.6. The van der Waals surface area contributed by atoms with Crippen molar-refractivity contribution in [2.75, 3.05) is 0 Å². The molecule has 198 valence electrons. The predicted molar refractivity (Wildman–Crippen MR) is 177 cm³/mol. The molecule has 7 heteroatoms. The first-order valence-electron chi connectivity index (χ1n) is 12.9. The van der Waals surface area contributed by atoms with Gasteiger partial charge in [-0.25, -0.2) is 4.98 Å². The molecule has 2 aromatic heterocycles. The molecule has 0 fully saturated rings. The first-order valence-corrected chi connectivity index (χ1v) is 14.4. The maximum atomic E-state index is 12.9. The zero-order valence-corrected chi connectivity index (χ0v) is 24.9. The number of rotatable bonds is 2. The van der Waals surface area contributed by atoms with Gasteiger partial charge in [-0.2, -0.15) is 0 Å². The Morgan fingerprint density at radius 2 is 1.24 bits per heavy atom. The Labute approximate surface area is 253 Å². The van der Waals surface area contributed by atoms with Gasteiger partial charge in [-0.1, -0.05) is 77.3 Å². The molecule has 0 aliphatic carbocycles. The zero-order valence-electron chi connectivity index (χ0n) is 21.8. The molecule has 0 amide bonds. The van der Waals surface area contributed by atoms with Crippen LogP contribution in [0.2, 0.25) is 20.1 Å². The number of hydrogen-bond donors (Lipinski definition) is 0. The predicted octanol–water partition coefficient (Wildman–Crippen LogP) is 10.7. The van der Waals surface area contributed by atoms with Crippen LogP contribution in [0.5, 0.6) is 0 Å². The van der Waals surface area contributed by atoms with Crippen molar-refractivity contribution in [2.45, 2.75) is 13.8 Å². The van der Waals surface area contributed by atoms with E-state index in [0.717, 1.165) is 76.3 Å². The Balaban J connectivity index is 1.79. The van der Waals surface area contributed by atoms with Gasteiger partial charge in [0, 0.05) is 84.9 Å². The minimum absolute atomic E-state index is 0.113. The molecule has 3 nitrogen and oxygen atoms in total. The zero-order chi connectivity index (χ0) is 28.6. The minimum Gasteiger partial charge on any atom is -0.294 e. The Morgan fingerprint density at radius 3 is 1.85 bits per heavy atom. The minimum atomic E-state index is -0.113. The van der Waals surface area contributed by atoms with Crippen molar-refractivity contribution in [3.8, 4) is 0 Å². The first kappa shape index (κ1) is 25.1.